The third kappa shape index (κ3) is 4.31. The molecule has 2 aromatic heterocycles. The van der Waals surface area contributed by atoms with Crippen molar-refractivity contribution in [1.82, 2.24) is 15.0 Å². The van der Waals surface area contributed by atoms with Crippen LogP contribution in [0, 0.1) is 0 Å². The molecule has 0 amide bonds. The SMILES string of the molecule is COC1CCN(c2nccc(Nc3cc4c(C(C)C)ccc(N5CCC5)c4cn3)n2)CC1F. The maximum absolute atomic E-state index is 14.4. The maximum atomic E-state index is 14.4. The fraction of sp³-hybridized carbons (Fsp3) is 0.480. The molecule has 2 fully saturated rings. The van der Waals surface area contributed by atoms with Crippen LogP contribution >= 0.6 is 0 Å². The van der Waals surface area contributed by atoms with Gasteiger partial charge in [-0.15, -0.1) is 0 Å². The number of alkyl halides is 1. The molecule has 0 saturated carbocycles. The second-order valence-corrected chi connectivity index (χ2v) is 9.18. The second kappa shape index (κ2) is 9.09. The molecule has 3 aromatic rings. The van der Waals surface area contributed by atoms with Crippen LogP contribution < -0.4 is 15.1 Å². The topological polar surface area (TPSA) is 66.4 Å². The number of pyridine rings is 1. The summed E-state index contributed by atoms with van der Waals surface area (Å²) in [5.41, 5.74) is 2.56. The third-order valence-corrected chi connectivity index (χ3v) is 6.70. The molecule has 2 aliphatic heterocycles. The minimum absolute atomic E-state index is 0.229. The Morgan fingerprint density at radius 1 is 1.06 bits per heavy atom. The Labute approximate surface area is 194 Å². The van der Waals surface area contributed by atoms with E-state index in [-0.39, 0.29) is 12.6 Å². The average molecular weight is 451 g/mol. The number of rotatable bonds is 6. The first-order valence-electron chi connectivity index (χ1n) is 11.7. The molecule has 0 bridgehead atoms. The smallest absolute Gasteiger partial charge is 0.227 e. The van der Waals surface area contributed by atoms with Crippen molar-refractivity contribution in [2.45, 2.75) is 44.9 Å². The molecular formula is C25H31FN6O. The lowest BCUT2D eigenvalue weighted by Gasteiger charge is -2.34. The molecule has 8 heteroatoms. The lowest BCUT2D eigenvalue weighted by Crippen LogP contribution is -2.46. The number of halogens is 1. The highest BCUT2D eigenvalue weighted by Crippen LogP contribution is 2.36. The van der Waals surface area contributed by atoms with E-state index < -0.39 is 6.17 Å². The van der Waals surface area contributed by atoms with Gasteiger partial charge in [0.05, 0.1) is 12.6 Å². The van der Waals surface area contributed by atoms with Crippen molar-refractivity contribution in [1.29, 1.82) is 0 Å². The van der Waals surface area contributed by atoms with Gasteiger partial charge in [0, 0.05) is 50.2 Å². The standard InChI is InChI=1S/C25H31FN6O/c1-16(2)17-5-6-21(31-10-4-11-31)19-14-28-24(13-18(17)19)29-23-7-9-27-25(30-23)32-12-8-22(33-3)20(26)15-32/h5-7,9,13-14,16,20,22H,4,8,10-12,15H2,1-3H3,(H,27,28,29,30). The van der Waals surface area contributed by atoms with E-state index in [2.05, 4.69) is 52.2 Å². The molecule has 0 aliphatic carbocycles. The van der Waals surface area contributed by atoms with Gasteiger partial charge in [0.25, 0.3) is 0 Å². The van der Waals surface area contributed by atoms with Crippen molar-refractivity contribution in [2.24, 2.45) is 0 Å². The van der Waals surface area contributed by atoms with Gasteiger partial charge in [0.1, 0.15) is 17.8 Å². The first-order chi connectivity index (χ1) is 16.0. The van der Waals surface area contributed by atoms with Gasteiger partial charge in [-0.2, -0.15) is 4.98 Å². The van der Waals surface area contributed by atoms with Gasteiger partial charge < -0.3 is 19.9 Å². The zero-order chi connectivity index (χ0) is 22.9. The van der Waals surface area contributed by atoms with Crippen LogP contribution in [0.1, 0.15) is 38.2 Å². The summed E-state index contributed by atoms with van der Waals surface area (Å²) < 4.78 is 19.6. The van der Waals surface area contributed by atoms with Gasteiger partial charge in [0.2, 0.25) is 5.95 Å². The van der Waals surface area contributed by atoms with Gasteiger partial charge >= 0.3 is 0 Å². The van der Waals surface area contributed by atoms with Gasteiger partial charge in [-0.1, -0.05) is 19.9 Å². The quantitative estimate of drug-likeness (QED) is 0.586. The van der Waals surface area contributed by atoms with Crippen molar-refractivity contribution in [3.63, 3.8) is 0 Å². The number of piperidine rings is 1. The zero-order valence-corrected chi connectivity index (χ0v) is 19.5. The van der Waals surface area contributed by atoms with E-state index in [1.807, 2.05) is 17.2 Å². The fourth-order valence-electron chi connectivity index (χ4n) is 4.68. The van der Waals surface area contributed by atoms with Gasteiger partial charge in [-0.25, -0.2) is 14.4 Å². The Bertz CT molecular complexity index is 1140. The summed E-state index contributed by atoms with van der Waals surface area (Å²) in [6.45, 7) is 7.52. The number of ether oxygens (including phenoxy) is 1. The first-order valence-corrected chi connectivity index (χ1v) is 11.7. The minimum atomic E-state index is -1.05. The van der Waals surface area contributed by atoms with Gasteiger partial charge in [-0.05, 0) is 47.9 Å². The molecule has 0 spiro atoms. The monoisotopic (exact) mass is 450 g/mol. The van der Waals surface area contributed by atoms with Crippen molar-refractivity contribution in [2.75, 3.05) is 48.4 Å². The summed E-state index contributed by atoms with van der Waals surface area (Å²) in [5.74, 6) is 2.29. The largest absolute Gasteiger partial charge is 0.378 e. The highest BCUT2D eigenvalue weighted by Gasteiger charge is 2.30. The molecule has 0 radical (unpaired) electrons. The number of hydrogen-bond acceptors (Lipinski definition) is 7. The fourth-order valence-corrected chi connectivity index (χ4v) is 4.68. The molecule has 5 rings (SSSR count). The Kier molecular flexibility index (Phi) is 6.01. The first kappa shape index (κ1) is 21.8. The van der Waals surface area contributed by atoms with Crippen LogP contribution in [0.15, 0.2) is 36.7 Å². The molecule has 33 heavy (non-hydrogen) atoms. The van der Waals surface area contributed by atoms with Crippen molar-refractivity contribution in [3.05, 3.63) is 42.2 Å². The number of nitrogens with one attached hydrogen (secondary N) is 1. The van der Waals surface area contributed by atoms with Crippen LogP contribution in [-0.4, -0.2) is 60.5 Å². The normalized spacial score (nSPS) is 20.9. The van der Waals surface area contributed by atoms with E-state index >= 15 is 0 Å². The van der Waals surface area contributed by atoms with Crippen LogP contribution in [0.3, 0.4) is 0 Å². The van der Waals surface area contributed by atoms with E-state index in [1.165, 1.54) is 28.4 Å². The summed E-state index contributed by atoms with van der Waals surface area (Å²) in [5, 5.41) is 5.72. The number of benzene rings is 1. The molecule has 2 aliphatic rings. The summed E-state index contributed by atoms with van der Waals surface area (Å²) in [6.07, 6.45) is 4.10. The zero-order valence-electron chi connectivity index (χ0n) is 19.5. The van der Waals surface area contributed by atoms with E-state index in [1.54, 1.807) is 13.3 Å². The van der Waals surface area contributed by atoms with E-state index in [4.69, 9.17) is 9.72 Å². The second-order valence-electron chi connectivity index (χ2n) is 9.18. The Hall–Kier alpha value is -3.00. The highest BCUT2D eigenvalue weighted by molar-refractivity contribution is 5.98. The Morgan fingerprint density at radius 3 is 2.61 bits per heavy atom. The van der Waals surface area contributed by atoms with Crippen molar-refractivity contribution < 1.29 is 9.13 Å². The molecule has 1 N–H and O–H groups in total. The highest BCUT2D eigenvalue weighted by atomic mass is 19.1. The molecular weight excluding hydrogens is 419 g/mol. The number of anilines is 4. The Balaban J connectivity index is 1.41. The van der Waals surface area contributed by atoms with Crippen LogP contribution in [0.5, 0.6) is 0 Å². The third-order valence-electron chi connectivity index (χ3n) is 6.70. The number of fused-ring (bicyclic) bond motifs is 1. The molecule has 7 nitrogen and oxygen atoms in total. The van der Waals surface area contributed by atoms with E-state index in [0.29, 0.717) is 30.6 Å². The van der Waals surface area contributed by atoms with Gasteiger partial charge in [0.15, 0.2) is 0 Å². The summed E-state index contributed by atoms with van der Waals surface area (Å²) in [4.78, 5) is 18.0. The molecule has 1 aromatic carbocycles. The average Bonchev–Trinajstić information content (AvgIpc) is 2.78. The number of nitrogens with zero attached hydrogens (tertiary/aromatic N) is 5. The van der Waals surface area contributed by atoms with Crippen LogP contribution in [0.25, 0.3) is 10.8 Å². The number of aromatic nitrogens is 3. The van der Waals surface area contributed by atoms with Crippen LogP contribution in [-0.2, 0) is 4.74 Å². The Morgan fingerprint density at radius 2 is 1.91 bits per heavy atom. The number of hydrogen-bond donors (Lipinski definition) is 1. The van der Waals surface area contributed by atoms with E-state index in [0.717, 1.165) is 18.9 Å². The molecule has 4 heterocycles. The summed E-state index contributed by atoms with van der Waals surface area (Å²) in [6, 6.07) is 8.39. The molecule has 2 atom stereocenters. The molecule has 2 saturated heterocycles. The van der Waals surface area contributed by atoms with Crippen molar-refractivity contribution in [3.8, 4) is 0 Å². The minimum Gasteiger partial charge on any atom is -0.378 e. The number of methoxy groups -OCH3 is 1. The summed E-state index contributed by atoms with van der Waals surface area (Å²) >= 11 is 0. The van der Waals surface area contributed by atoms with E-state index in [9.17, 15) is 4.39 Å². The maximum Gasteiger partial charge on any atom is 0.227 e. The predicted octanol–water partition coefficient (Wildman–Crippen LogP) is 4.67. The lowest BCUT2D eigenvalue weighted by molar-refractivity contribution is 0.0194. The van der Waals surface area contributed by atoms with Crippen molar-refractivity contribution >= 4 is 34.0 Å². The molecule has 2 unspecified atom stereocenters. The predicted molar refractivity (Wildman–Crippen MR) is 130 cm³/mol. The van der Waals surface area contributed by atoms with Gasteiger partial charge in [-0.3, -0.25) is 0 Å². The summed E-state index contributed by atoms with van der Waals surface area (Å²) in [7, 11) is 1.56. The van der Waals surface area contributed by atoms with Crippen LogP contribution in [0.4, 0.5) is 27.7 Å². The van der Waals surface area contributed by atoms with Crippen LogP contribution in [0.2, 0.25) is 0 Å². The lowest BCUT2D eigenvalue weighted by atomic mass is 9.95. The molecule has 174 valence electrons.